The van der Waals surface area contributed by atoms with Crippen LogP contribution in [0.15, 0.2) is 84.9 Å². The summed E-state index contributed by atoms with van der Waals surface area (Å²) >= 11 is 0. The molecule has 5 aromatic rings. The molecule has 28 heavy (non-hydrogen) atoms. The largest absolute Gasteiger partial charge is 0.244 e. The van der Waals surface area contributed by atoms with E-state index in [0.717, 1.165) is 32.9 Å². The molecule has 0 spiro atoms. The number of fused-ring (bicyclic) bond motifs is 3. The molecule has 0 bridgehead atoms. The van der Waals surface area contributed by atoms with Gasteiger partial charge in [-0.25, -0.2) is 18.7 Å². The summed E-state index contributed by atoms with van der Waals surface area (Å²) in [7, 11) is 0. The van der Waals surface area contributed by atoms with Crippen LogP contribution in [0.4, 0.5) is 8.78 Å². The van der Waals surface area contributed by atoms with E-state index >= 15 is 0 Å². The number of rotatable bonds is 2. The molecule has 0 aliphatic heterocycles. The van der Waals surface area contributed by atoms with Crippen molar-refractivity contribution >= 4 is 21.8 Å². The van der Waals surface area contributed by atoms with E-state index in [1.54, 1.807) is 24.3 Å². The smallest absolute Gasteiger partial charge is 0.123 e. The molecular formula is C24H14F2N2. The summed E-state index contributed by atoms with van der Waals surface area (Å²) in [5, 5.41) is 2.07. The van der Waals surface area contributed by atoms with Crippen molar-refractivity contribution in [2.45, 2.75) is 0 Å². The van der Waals surface area contributed by atoms with Crippen molar-refractivity contribution in [3.05, 3.63) is 96.6 Å². The van der Waals surface area contributed by atoms with E-state index in [-0.39, 0.29) is 11.6 Å². The topological polar surface area (TPSA) is 25.8 Å². The lowest BCUT2D eigenvalue weighted by Gasteiger charge is -2.12. The first kappa shape index (κ1) is 16.5. The van der Waals surface area contributed by atoms with Crippen LogP contribution >= 0.6 is 0 Å². The second-order valence-electron chi connectivity index (χ2n) is 6.59. The van der Waals surface area contributed by atoms with Gasteiger partial charge in [0, 0.05) is 16.5 Å². The first-order valence-corrected chi connectivity index (χ1v) is 8.90. The van der Waals surface area contributed by atoms with Gasteiger partial charge < -0.3 is 0 Å². The predicted octanol–water partition coefficient (Wildman–Crippen LogP) is 6.40. The highest BCUT2D eigenvalue weighted by molar-refractivity contribution is 6.05. The summed E-state index contributed by atoms with van der Waals surface area (Å²) in [4.78, 5) is 9.77. The van der Waals surface area contributed by atoms with E-state index in [4.69, 9.17) is 9.97 Å². The van der Waals surface area contributed by atoms with Gasteiger partial charge in [-0.1, -0.05) is 30.3 Å². The van der Waals surface area contributed by atoms with Gasteiger partial charge in [0.25, 0.3) is 0 Å². The van der Waals surface area contributed by atoms with Crippen molar-refractivity contribution in [1.29, 1.82) is 0 Å². The summed E-state index contributed by atoms with van der Waals surface area (Å²) in [6.45, 7) is 0. The Morgan fingerprint density at radius 1 is 0.536 bits per heavy atom. The number of aromatic nitrogens is 2. The molecule has 2 nitrogen and oxygen atoms in total. The Labute approximate surface area is 160 Å². The average Bonchev–Trinajstić information content (AvgIpc) is 2.74. The van der Waals surface area contributed by atoms with E-state index in [2.05, 4.69) is 0 Å². The van der Waals surface area contributed by atoms with Gasteiger partial charge in [-0.15, -0.1) is 0 Å². The molecule has 0 aliphatic rings. The molecule has 0 saturated heterocycles. The second-order valence-corrected chi connectivity index (χ2v) is 6.59. The SMILES string of the molecule is Fc1ccc(-c2nc3ccc4ccccc4c3nc2-c2ccc(F)cc2)cc1. The molecule has 0 aliphatic carbocycles. The van der Waals surface area contributed by atoms with Crippen LogP contribution in [0.25, 0.3) is 44.3 Å². The Hall–Kier alpha value is -3.66. The minimum Gasteiger partial charge on any atom is -0.244 e. The quantitative estimate of drug-likeness (QED) is 0.337. The minimum absolute atomic E-state index is 0.313. The first-order chi connectivity index (χ1) is 13.7. The Morgan fingerprint density at radius 3 is 1.75 bits per heavy atom. The Kier molecular flexibility index (Phi) is 3.83. The molecule has 0 saturated carbocycles. The summed E-state index contributed by atoms with van der Waals surface area (Å²) < 4.78 is 26.9. The third-order valence-electron chi connectivity index (χ3n) is 4.79. The van der Waals surface area contributed by atoms with E-state index in [0.29, 0.717) is 11.4 Å². The zero-order chi connectivity index (χ0) is 19.1. The van der Waals surface area contributed by atoms with E-state index < -0.39 is 0 Å². The van der Waals surface area contributed by atoms with Crippen molar-refractivity contribution in [1.82, 2.24) is 9.97 Å². The van der Waals surface area contributed by atoms with Gasteiger partial charge in [-0.3, -0.25) is 0 Å². The molecule has 134 valence electrons. The Morgan fingerprint density at radius 2 is 1.11 bits per heavy atom. The highest BCUT2D eigenvalue weighted by Crippen LogP contribution is 2.33. The number of hydrogen-bond acceptors (Lipinski definition) is 2. The van der Waals surface area contributed by atoms with Crippen molar-refractivity contribution in [2.75, 3.05) is 0 Å². The van der Waals surface area contributed by atoms with Gasteiger partial charge in [-0.2, -0.15) is 0 Å². The zero-order valence-corrected chi connectivity index (χ0v) is 14.7. The maximum atomic E-state index is 13.5. The van der Waals surface area contributed by atoms with Crippen LogP contribution in [-0.4, -0.2) is 9.97 Å². The van der Waals surface area contributed by atoms with E-state index in [1.807, 2.05) is 36.4 Å². The molecule has 0 unspecified atom stereocenters. The predicted molar refractivity (Wildman–Crippen MR) is 108 cm³/mol. The summed E-state index contributed by atoms with van der Waals surface area (Å²) in [5.74, 6) is -0.627. The molecule has 0 amide bonds. The number of nitrogens with zero attached hydrogens (tertiary/aromatic N) is 2. The highest BCUT2D eigenvalue weighted by atomic mass is 19.1. The third-order valence-corrected chi connectivity index (χ3v) is 4.79. The molecular weight excluding hydrogens is 354 g/mol. The van der Waals surface area contributed by atoms with Crippen LogP contribution in [0, 0.1) is 11.6 Å². The van der Waals surface area contributed by atoms with Crippen molar-refractivity contribution in [3.8, 4) is 22.5 Å². The standard InChI is InChI=1S/C24H14F2N2/c25-18-10-5-16(6-11-18)22-23(17-7-12-19(26)13-8-17)28-24-20-4-2-1-3-15(20)9-14-21(24)27-22/h1-14H. The molecule has 1 heterocycles. The lowest BCUT2D eigenvalue weighted by atomic mass is 10.0. The van der Waals surface area contributed by atoms with Crippen LogP contribution in [0.3, 0.4) is 0 Å². The molecule has 0 radical (unpaired) electrons. The van der Waals surface area contributed by atoms with Crippen LogP contribution in [0.5, 0.6) is 0 Å². The molecule has 4 heteroatoms. The van der Waals surface area contributed by atoms with Crippen LogP contribution in [0.2, 0.25) is 0 Å². The maximum absolute atomic E-state index is 13.5. The van der Waals surface area contributed by atoms with E-state index in [9.17, 15) is 8.78 Å². The average molecular weight is 368 g/mol. The monoisotopic (exact) mass is 368 g/mol. The zero-order valence-electron chi connectivity index (χ0n) is 14.7. The molecule has 0 fully saturated rings. The molecule has 4 aromatic carbocycles. The van der Waals surface area contributed by atoms with Crippen LogP contribution in [-0.2, 0) is 0 Å². The van der Waals surface area contributed by atoms with Gasteiger partial charge in [-0.05, 0) is 60.0 Å². The number of hydrogen-bond donors (Lipinski definition) is 0. The fourth-order valence-electron chi connectivity index (χ4n) is 3.41. The number of halogens is 2. The summed E-state index contributed by atoms with van der Waals surface area (Å²) in [5.41, 5.74) is 4.31. The molecule has 0 atom stereocenters. The number of benzene rings is 4. The van der Waals surface area contributed by atoms with Crippen LogP contribution in [0.1, 0.15) is 0 Å². The van der Waals surface area contributed by atoms with Crippen molar-refractivity contribution in [3.63, 3.8) is 0 Å². The van der Waals surface area contributed by atoms with Gasteiger partial charge in [0.15, 0.2) is 0 Å². The van der Waals surface area contributed by atoms with Crippen LogP contribution < -0.4 is 0 Å². The fourth-order valence-corrected chi connectivity index (χ4v) is 3.41. The highest BCUT2D eigenvalue weighted by Gasteiger charge is 2.15. The van der Waals surface area contributed by atoms with Gasteiger partial charge in [0.2, 0.25) is 0 Å². The van der Waals surface area contributed by atoms with Gasteiger partial charge in [0.05, 0.1) is 22.4 Å². The Bertz CT molecular complexity index is 1310. The van der Waals surface area contributed by atoms with Crippen molar-refractivity contribution < 1.29 is 8.78 Å². The second kappa shape index (κ2) is 6.50. The minimum atomic E-state index is -0.314. The summed E-state index contributed by atoms with van der Waals surface area (Å²) in [6.07, 6.45) is 0. The maximum Gasteiger partial charge on any atom is 0.123 e. The van der Waals surface area contributed by atoms with E-state index in [1.165, 1.54) is 24.3 Å². The Balaban J connectivity index is 1.86. The third kappa shape index (κ3) is 2.79. The lowest BCUT2D eigenvalue weighted by Crippen LogP contribution is -1.96. The molecule has 5 rings (SSSR count). The van der Waals surface area contributed by atoms with Gasteiger partial charge in [0.1, 0.15) is 11.6 Å². The molecule has 0 N–H and O–H groups in total. The molecule has 1 aromatic heterocycles. The normalized spacial score (nSPS) is 11.2. The fraction of sp³-hybridized carbons (Fsp3) is 0. The lowest BCUT2D eigenvalue weighted by molar-refractivity contribution is 0.627. The first-order valence-electron chi connectivity index (χ1n) is 8.90. The summed E-state index contributed by atoms with van der Waals surface area (Å²) in [6, 6.07) is 24.3. The van der Waals surface area contributed by atoms with Gasteiger partial charge >= 0.3 is 0 Å². The van der Waals surface area contributed by atoms with Crippen molar-refractivity contribution in [2.24, 2.45) is 0 Å².